The molecule has 0 aliphatic carbocycles. The minimum Gasteiger partial charge on any atom is -0.496 e. The molecular weight excluding hydrogens is 312 g/mol. The summed E-state index contributed by atoms with van der Waals surface area (Å²) in [4.78, 5) is 34.1. The highest BCUT2D eigenvalue weighted by Crippen LogP contribution is 2.38. The average molecular weight is 332 g/mol. The summed E-state index contributed by atoms with van der Waals surface area (Å²) in [6.45, 7) is 3.39. The first-order chi connectivity index (χ1) is 11.4. The van der Waals surface area contributed by atoms with Crippen LogP contribution >= 0.6 is 0 Å². The van der Waals surface area contributed by atoms with Gasteiger partial charge in [0.05, 0.1) is 29.9 Å². The number of carbonyl (C=O) groups is 1. The highest BCUT2D eigenvalue weighted by molar-refractivity contribution is 5.81. The van der Waals surface area contributed by atoms with Gasteiger partial charge >= 0.3 is 6.09 Å². The fourth-order valence-electron chi connectivity index (χ4n) is 3.43. The number of piperazine rings is 1. The molecule has 24 heavy (non-hydrogen) atoms. The average Bonchev–Trinajstić information content (AvgIpc) is 2.53. The van der Waals surface area contributed by atoms with E-state index in [1.165, 1.54) is 18.3 Å². The molecular formula is C16H20N4O4. The van der Waals surface area contributed by atoms with Gasteiger partial charge < -0.3 is 19.7 Å². The Morgan fingerprint density at radius 1 is 1.42 bits per heavy atom. The van der Waals surface area contributed by atoms with Gasteiger partial charge in [0.2, 0.25) is 0 Å². The Morgan fingerprint density at radius 2 is 2.17 bits per heavy atom. The summed E-state index contributed by atoms with van der Waals surface area (Å²) in [5, 5.41) is 10.0. The number of hydrogen-bond donors (Lipinski definition) is 2. The molecule has 1 atom stereocenters. The van der Waals surface area contributed by atoms with Gasteiger partial charge in [0, 0.05) is 31.3 Å². The van der Waals surface area contributed by atoms with Crippen LogP contribution in [0.1, 0.15) is 12.5 Å². The van der Waals surface area contributed by atoms with Gasteiger partial charge in [0.15, 0.2) is 0 Å². The highest BCUT2D eigenvalue weighted by atomic mass is 16.5. The lowest BCUT2D eigenvalue weighted by Crippen LogP contribution is -2.59. The number of fused-ring (bicyclic) bond motifs is 1. The van der Waals surface area contributed by atoms with Gasteiger partial charge in [0.25, 0.3) is 5.56 Å². The van der Waals surface area contributed by atoms with Gasteiger partial charge in [-0.25, -0.2) is 9.78 Å². The number of benzene rings is 1. The molecule has 0 bridgehead atoms. The van der Waals surface area contributed by atoms with Crippen LogP contribution in [0, 0.1) is 0 Å². The number of likely N-dealkylation sites (N-methyl/N-ethyl adjacent to an activating group) is 1. The van der Waals surface area contributed by atoms with Gasteiger partial charge in [-0.15, -0.1) is 0 Å². The number of nitrogens with one attached hydrogen (secondary N) is 1. The van der Waals surface area contributed by atoms with E-state index in [0.717, 1.165) is 0 Å². The summed E-state index contributed by atoms with van der Waals surface area (Å²) in [6, 6.07) is 3.37. The molecule has 1 fully saturated rings. The van der Waals surface area contributed by atoms with E-state index in [1.54, 1.807) is 12.1 Å². The summed E-state index contributed by atoms with van der Waals surface area (Å²) >= 11 is 0. The monoisotopic (exact) mass is 332 g/mol. The predicted octanol–water partition coefficient (Wildman–Crippen LogP) is 1.07. The molecule has 8 nitrogen and oxygen atoms in total. The highest BCUT2D eigenvalue weighted by Gasteiger charge is 2.43. The van der Waals surface area contributed by atoms with Crippen molar-refractivity contribution in [1.29, 1.82) is 0 Å². The molecule has 2 aromatic rings. The molecule has 1 amide bonds. The van der Waals surface area contributed by atoms with Crippen LogP contribution in [0.15, 0.2) is 23.3 Å². The number of hydrogen-bond acceptors (Lipinski definition) is 5. The zero-order chi connectivity index (χ0) is 17.5. The fourth-order valence-corrected chi connectivity index (χ4v) is 3.43. The van der Waals surface area contributed by atoms with Gasteiger partial charge in [-0.1, -0.05) is 0 Å². The van der Waals surface area contributed by atoms with Gasteiger partial charge in [0.1, 0.15) is 5.75 Å². The zero-order valence-electron chi connectivity index (χ0n) is 13.9. The van der Waals surface area contributed by atoms with E-state index in [0.29, 0.717) is 41.9 Å². The second kappa shape index (κ2) is 5.79. The number of nitrogens with zero attached hydrogens (tertiary/aromatic N) is 3. The molecule has 1 aromatic heterocycles. The molecule has 1 aromatic carbocycles. The summed E-state index contributed by atoms with van der Waals surface area (Å²) in [5.41, 5.74) is 0.0678. The van der Waals surface area contributed by atoms with E-state index in [2.05, 4.69) is 14.9 Å². The van der Waals surface area contributed by atoms with E-state index < -0.39 is 11.6 Å². The molecule has 2 N–H and O–H groups in total. The van der Waals surface area contributed by atoms with Crippen LogP contribution in [0.3, 0.4) is 0 Å². The second-order valence-corrected chi connectivity index (χ2v) is 6.25. The number of methoxy groups -OCH3 is 1. The van der Waals surface area contributed by atoms with Crippen molar-refractivity contribution < 1.29 is 14.6 Å². The Balaban J connectivity index is 2.26. The number of aromatic amines is 1. The third kappa shape index (κ3) is 2.48. The molecule has 1 aliphatic heterocycles. The summed E-state index contributed by atoms with van der Waals surface area (Å²) in [5.74, 6) is 0.518. The lowest BCUT2D eigenvalue weighted by atomic mass is 9.86. The molecule has 0 saturated carbocycles. The van der Waals surface area contributed by atoms with E-state index in [-0.39, 0.29) is 5.56 Å². The topological polar surface area (TPSA) is 98.8 Å². The maximum atomic E-state index is 12.1. The maximum absolute atomic E-state index is 12.1. The minimum atomic E-state index is -0.993. The quantitative estimate of drug-likeness (QED) is 0.853. The largest absolute Gasteiger partial charge is 0.496 e. The normalized spacial score (nSPS) is 21.9. The number of ether oxygens (including phenoxy) is 1. The number of carboxylic acid groups (broad SMARTS) is 1. The molecule has 0 spiro atoms. The van der Waals surface area contributed by atoms with Crippen molar-refractivity contribution in [2.24, 2.45) is 0 Å². The smallest absolute Gasteiger partial charge is 0.408 e. The van der Waals surface area contributed by atoms with Crippen LogP contribution in [0.4, 0.5) is 4.79 Å². The summed E-state index contributed by atoms with van der Waals surface area (Å²) < 4.78 is 5.48. The molecule has 0 radical (unpaired) electrons. The Labute approximate surface area is 138 Å². The Kier molecular flexibility index (Phi) is 3.92. The van der Waals surface area contributed by atoms with Crippen molar-refractivity contribution in [3.63, 3.8) is 0 Å². The van der Waals surface area contributed by atoms with Gasteiger partial charge in [-0.05, 0) is 20.0 Å². The summed E-state index contributed by atoms with van der Waals surface area (Å²) in [7, 11) is 3.47. The van der Waals surface area contributed by atoms with Crippen LogP contribution in [-0.4, -0.2) is 64.8 Å². The first-order valence-corrected chi connectivity index (χ1v) is 7.62. The molecule has 128 valence electrons. The number of H-pyrrole nitrogens is 1. The van der Waals surface area contributed by atoms with Crippen molar-refractivity contribution in [2.75, 3.05) is 33.8 Å². The van der Waals surface area contributed by atoms with Gasteiger partial charge in [-0.2, -0.15) is 0 Å². The Morgan fingerprint density at radius 3 is 2.83 bits per heavy atom. The Bertz CT molecular complexity index is 850. The van der Waals surface area contributed by atoms with E-state index in [9.17, 15) is 14.7 Å². The van der Waals surface area contributed by atoms with Crippen molar-refractivity contribution >= 4 is 17.0 Å². The van der Waals surface area contributed by atoms with Crippen molar-refractivity contribution in [1.82, 2.24) is 19.8 Å². The Hall–Kier alpha value is -2.61. The van der Waals surface area contributed by atoms with Crippen LogP contribution in [0.2, 0.25) is 0 Å². The van der Waals surface area contributed by atoms with E-state index >= 15 is 0 Å². The summed E-state index contributed by atoms with van der Waals surface area (Å²) in [6.07, 6.45) is 0.344. The first-order valence-electron chi connectivity index (χ1n) is 7.62. The van der Waals surface area contributed by atoms with Crippen LogP contribution < -0.4 is 10.3 Å². The number of aromatic nitrogens is 2. The third-order valence-corrected chi connectivity index (χ3v) is 4.65. The molecule has 3 rings (SSSR count). The number of rotatable bonds is 2. The SMILES string of the molecule is COc1cc2nc[nH]c(=O)c2cc1[C@]1(C)CN(C)CCN1C(=O)O. The predicted molar refractivity (Wildman–Crippen MR) is 88.5 cm³/mol. The fraction of sp³-hybridized carbons (Fsp3) is 0.438. The molecule has 1 aliphatic rings. The number of amides is 1. The molecule has 2 heterocycles. The van der Waals surface area contributed by atoms with Crippen molar-refractivity contribution in [2.45, 2.75) is 12.5 Å². The maximum Gasteiger partial charge on any atom is 0.408 e. The van der Waals surface area contributed by atoms with E-state index in [1.807, 2.05) is 14.0 Å². The lowest BCUT2D eigenvalue weighted by Gasteiger charge is -2.47. The molecule has 8 heteroatoms. The van der Waals surface area contributed by atoms with Crippen LogP contribution in [-0.2, 0) is 5.54 Å². The van der Waals surface area contributed by atoms with E-state index in [4.69, 9.17) is 4.74 Å². The molecule has 1 saturated heterocycles. The van der Waals surface area contributed by atoms with Crippen molar-refractivity contribution in [3.05, 3.63) is 34.4 Å². The molecule has 0 unspecified atom stereocenters. The van der Waals surface area contributed by atoms with Gasteiger partial charge in [-0.3, -0.25) is 9.69 Å². The van der Waals surface area contributed by atoms with Crippen LogP contribution in [0.25, 0.3) is 10.9 Å². The third-order valence-electron chi connectivity index (χ3n) is 4.65. The standard InChI is InChI=1S/C16H20N4O4/c1-16(8-19(2)4-5-20(16)15(22)23)11-6-10-12(7-13(11)24-3)17-9-18-14(10)21/h6-7,9H,4-5,8H2,1-3H3,(H,22,23)(H,17,18,21)/t16-/m0/s1. The zero-order valence-corrected chi connectivity index (χ0v) is 13.9. The minimum absolute atomic E-state index is 0.265. The first kappa shape index (κ1) is 16.3. The van der Waals surface area contributed by atoms with Crippen molar-refractivity contribution in [3.8, 4) is 5.75 Å². The second-order valence-electron chi connectivity index (χ2n) is 6.25. The van der Waals surface area contributed by atoms with Crippen LogP contribution in [0.5, 0.6) is 5.75 Å². The lowest BCUT2D eigenvalue weighted by molar-refractivity contribution is 0.0220.